The zero-order valence-corrected chi connectivity index (χ0v) is 11.5. The minimum atomic E-state index is 0.131. The van der Waals surface area contributed by atoms with Crippen molar-refractivity contribution in [2.45, 2.75) is 26.2 Å². The molecule has 0 saturated carbocycles. The lowest BCUT2D eigenvalue weighted by Gasteiger charge is -2.19. The summed E-state index contributed by atoms with van der Waals surface area (Å²) in [5.74, 6) is 0. The maximum Gasteiger partial charge on any atom is 0.162 e. The number of hydrogen-bond acceptors (Lipinski definition) is 2. The first-order valence-corrected chi connectivity index (χ1v) is 6.45. The van der Waals surface area contributed by atoms with Crippen molar-refractivity contribution in [1.82, 2.24) is 14.8 Å². The van der Waals surface area contributed by atoms with Crippen molar-refractivity contribution in [3.05, 3.63) is 54.4 Å². The lowest BCUT2D eigenvalue weighted by Crippen LogP contribution is -2.11. The van der Waals surface area contributed by atoms with Crippen LogP contribution in [-0.4, -0.2) is 14.8 Å². The number of aromatic nitrogens is 3. The Bertz CT molecular complexity index is 720. The van der Waals surface area contributed by atoms with Crippen LogP contribution in [0.25, 0.3) is 16.7 Å². The van der Waals surface area contributed by atoms with E-state index < -0.39 is 0 Å². The summed E-state index contributed by atoms with van der Waals surface area (Å²) in [6, 6.07) is 12.4. The van der Waals surface area contributed by atoms with Crippen molar-refractivity contribution in [3.8, 4) is 5.69 Å². The van der Waals surface area contributed by atoms with E-state index in [1.807, 2.05) is 23.0 Å². The van der Waals surface area contributed by atoms with E-state index >= 15 is 0 Å². The van der Waals surface area contributed by atoms with Gasteiger partial charge in [-0.3, -0.25) is 0 Å². The zero-order chi connectivity index (χ0) is 13.5. The van der Waals surface area contributed by atoms with Gasteiger partial charge in [-0.1, -0.05) is 32.9 Å². The maximum atomic E-state index is 4.44. The van der Waals surface area contributed by atoms with Gasteiger partial charge in [-0.25, -0.2) is 9.67 Å². The number of rotatable bonds is 1. The van der Waals surface area contributed by atoms with Crippen molar-refractivity contribution in [3.63, 3.8) is 0 Å². The summed E-state index contributed by atoms with van der Waals surface area (Å²) < 4.78 is 1.89. The lowest BCUT2D eigenvalue weighted by atomic mass is 9.87. The van der Waals surface area contributed by atoms with E-state index in [2.05, 4.69) is 55.1 Å². The van der Waals surface area contributed by atoms with Crippen LogP contribution in [0, 0.1) is 0 Å². The highest BCUT2D eigenvalue weighted by Crippen LogP contribution is 2.25. The molecular weight excluding hydrogens is 234 g/mol. The Morgan fingerprint density at radius 2 is 1.89 bits per heavy atom. The second kappa shape index (κ2) is 4.19. The Morgan fingerprint density at radius 1 is 1.05 bits per heavy atom. The van der Waals surface area contributed by atoms with Crippen LogP contribution < -0.4 is 0 Å². The van der Waals surface area contributed by atoms with Gasteiger partial charge in [-0.15, -0.1) is 0 Å². The topological polar surface area (TPSA) is 30.7 Å². The summed E-state index contributed by atoms with van der Waals surface area (Å²) in [7, 11) is 0. The number of fused-ring (bicyclic) bond motifs is 1. The van der Waals surface area contributed by atoms with Gasteiger partial charge in [-0.2, -0.15) is 5.10 Å². The van der Waals surface area contributed by atoms with Gasteiger partial charge in [0.1, 0.15) is 0 Å². The molecule has 2 heterocycles. The highest BCUT2D eigenvalue weighted by atomic mass is 15.3. The van der Waals surface area contributed by atoms with Crippen LogP contribution in [-0.2, 0) is 5.41 Å². The molecule has 0 amide bonds. The molecular formula is C16H17N3. The van der Waals surface area contributed by atoms with E-state index in [1.54, 1.807) is 6.20 Å². The summed E-state index contributed by atoms with van der Waals surface area (Å²) in [5, 5.41) is 5.50. The van der Waals surface area contributed by atoms with Crippen LogP contribution in [0.15, 0.2) is 48.8 Å². The predicted molar refractivity (Wildman–Crippen MR) is 77.6 cm³/mol. The van der Waals surface area contributed by atoms with Gasteiger partial charge in [0.2, 0.25) is 0 Å². The van der Waals surface area contributed by atoms with Gasteiger partial charge in [-0.05, 0) is 35.2 Å². The van der Waals surface area contributed by atoms with E-state index in [1.165, 1.54) is 5.56 Å². The molecule has 0 aliphatic heterocycles. The third-order valence-corrected chi connectivity index (χ3v) is 3.29. The van der Waals surface area contributed by atoms with Crippen LogP contribution >= 0.6 is 0 Å². The summed E-state index contributed by atoms with van der Waals surface area (Å²) in [4.78, 5) is 4.41. The second-order valence-electron chi connectivity index (χ2n) is 5.77. The van der Waals surface area contributed by atoms with Crippen molar-refractivity contribution in [2.24, 2.45) is 0 Å². The normalized spacial score (nSPS) is 11.9. The molecule has 19 heavy (non-hydrogen) atoms. The standard InChI is InChI=1S/C16H17N3/c1-16(2,3)13-7-4-8-14(10-13)19-15-12(11-18-19)6-5-9-17-15/h4-11H,1-3H3. The van der Waals surface area contributed by atoms with Crippen LogP contribution in [0.3, 0.4) is 0 Å². The van der Waals surface area contributed by atoms with Gasteiger partial charge in [0.05, 0.1) is 11.9 Å². The third-order valence-electron chi connectivity index (χ3n) is 3.29. The van der Waals surface area contributed by atoms with Gasteiger partial charge >= 0.3 is 0 Å². The minimum absolute atomic E-state index is 0.131. The fourth-order valence-corrected chi connectivity index (χ4v) is 2.15. The Balaban J connectivity index is 2.17. The summed E-state index contributed by atoms with van der Waals surface area (Å²) >= 11 is 0. The Kier molecular flexibility index (Phi) is 2.63. The molecule has 3 rings (SSSR count). The van der Waals surface area contributed by atoms with Crippen molar-refractivity contribution < 1.29 is 0 Å². The number of hydrogen-bond donors (Lipinski definition) is 0. The quantitative estimate of drug-likeness (QED) is 0.660. The van der Waals surface area contributed by atoms with Crippen LogP contribution in [0.5, 0.6) is 0 Å². The fraction of sp³-hybridized carbons (Fsp3) is 0.250. The Hall–Kier alpha value is -2.16. The number of nitrogens with zero attached hydrogens (tertiary/aromatic N) is 3. The van der Waals surface area contributed by atoms with Crippen molar-refractivity contribution >= 4 is 11.0 Å². The first-order chi connectivity index (χ1) is 9.05. The molecule has 96 valence electrons. The average molecular weight is 251 g/mol. The molecule has 3 aromatic rings. The van der Waals surface area contributed by atoms with Gasteiger partial charge < -0.3 is 0 Å². The molecule has 0 aliphatic carbocycles. The predicted octanol–water partition coefficient (Wildman–Crippen LogP) is 3.72. The highest BCUT2D eigenvalue weighted by Gasteiger charge is 2.14. The van der Waals surface area contributed by atoms with Crippen molar-refractivity contribution in [1.29, 1.82) is 0 Å². The fourth-order valence-electron chi connectivity index (χ4n) is 2.15. The molecule has 3 heteroatoms. The SMILES string of the molecule is CC(C)(C)c1cccc(-n2ncc3cccnc32)c1. The third kappa shape index (κ3) is 2.12. The van der Waals surface area contributed by atoms with Gasteiger partial charge in [0, 0.05) is 11.6 Å². The molecule has 0 atom stereocenters. The first-order valence-electron chi connectivity index (χ1n) is 6.45. The Labute approximate surface area is 112 Å². The molecule has 0 unspecified atom stereocenters. The smallest absolute Gasteiger partial charge is 0.162 e. The maximum absolute atomic E-state index is 4.44. The Morgan fingerprint density at radius 3 is 2.68 bits per heavy atom. The van der Waals surface area contributed by atoms with Crippen molar-refractivity contribution in [2.75, 3.05) is 0 Å². The van der Waals surface area contributed by atoms with Crippen LogP contribution in [0.4, 0.5) is 0 Å². The van der Waals surface area contributed by atoms with E-state index in [4.69, 9.17) is 0 Å². The summed E-state index contributed by atoms with van der Waals surface area (Å²) in [6.45, 7) is 6.64. The molecule has 1 aromatic carbocycles. The summed E-state index contributed by atoms with van der Waals surface area (Å²) in [6.07, 6.45) is 3.65. The lowest BCUT2D eigenvalue weighted by molar-refractivity contribution is 0.589. The van der Waals surface area contributed by atoms with E-state index in [-0.39, 0.29) is 5.41 Å². The van der Waals surface area contributed by atoms with Gasteiger partial charge in [0.25, 0.3) is 0 Å². The molecule has 3 nitrogen and oxygen atoms in total. The van der Waals surface area contributed by atoms with E-state index in [0.29, 0.717) is 0 Å². The number of pyridine rings is 1. The molecule has 0 spiro atoms. The monoisotopic (exact) mass is 251 g/mol. The molecule has 0 fully saturated rings. The van der Waals surface area contributed by atoms with E-state index in [9.17, 15) is 0 Å². The average Bonchev–Trinajstić information content (AvgIpc) is 2.82. The molecule has 0 N–H and O–H groups in total. The molecule has 0 bridgehead atoms. The van der Waals surface area contributed by atoms with Crippen LogP contribution in [0.2, 0.25) is 0 Å². The van der Waals surface area contributed by atoms with Crippen LogP contribution in [0.1, 0.15) is 26.3 Å². The first kappa shape index (κ1) is 11.9. The molecule has 0 aliphatic rings. The molecule has 0 saturated heterocycles. The van der Waals surface area contributed by atoms with E-state index in [0.717, 1.165) is 16.7 Å². The summed E-state index contributed by atoms with van der Waals surface area (Å²) in [5.41, 5.74) is 3.38. The zero-order valence-electron chi connectivity index (χ0n) is 11.5. The largest absolute Gasteiger partial charge is 0.237 e. The minimum Gasteiger partial charge on any atom is -0.237 e. The molecule has 2 aromatic heterocycles. The van der Waals surface area contributed by atoms with Gasteiger partial charge in [0.15, 0.2) is 5.65 Å². The second-order valence-corrected chi connectivity index (χ2v) is 5.77. The molecule has 0 radical (unpaired) electrons. The number of benzene rings is 1. The highest BCUT2D eigenvalue weighted by molar-refractivity contribution is 5.75.